The standard InChI is InChI=1S/C22H19N5O4S/c23-11-18-17-5-4-15(30-22(29)25-13-16-7-9-26-31-16)10-19(17)32-21(18)27-20(28)6-3-14-2-1-8-24-12-14/h1-3,6-9,12,15H,4-5,10,13H2,(H,25,29)(H,27,28). The van der Waals surface area contributed by atoms with Crippen LogP contribution >= 0.6 is 11.3 Å². The molecule has 0 aromatic carbocycles. The summed E-state index contributed by atoms with van der Waals surface area (Å²) >= 11 is 1.34. The van der Waals surface area contributed by atoms with E-state index in [2.05, 4.69) is 26.8 Å². The van der Waals surface area contributed by atoms with Gasteiger partial charge in [-0.15, -0.1) is 11.3 Å². The number of rotatable bonds is 6. The zero-order valence-corrected chi connectivity index (χ0v) is 17.7. The highest BCUT2D eigenvalue weighted by molar-refractivity contribution is 7.16. The highest BCUT2D eigenvalue weighted by atomic mass is 32.1. The van der Waals surface area contributed by atoms with E-state index in [1.165, 1.54) is 23.6 Å². The quantitative estimate of drug-likeness (QED) is 0.551. The molecule has 32 heavy (non-hydrogen) atoms. The molecule has 162 valence electrons. The summed E-state index contributed by atoms with van der Waals surface area (Å²) in [5, 5.41) is 19.1. The highest BCUT2D eigenvalue weighted by Gasteiger charge is 2.28. The Morgan fingerprint density at radius 2 is 2.28 bits per heavy atom. The molecular weight excluding hydrogens is 430 g/mol. The lowest BCUT2D eigenvalue weighted by Gasteiger charge is -2.22. The zero-order chi connectivity index (χ0) is 22.3. The largest absolute Gasteiger partial charge is 0.446 e. The van der Waals surface area contributed by atoms with E-state index >= 15 is 0 Å². The van der Waals surface area contributed by atoms with Crippen molar-refractivity contribution >= 4 is 34.4 Å². The first-order chi connectivity index (χ1) is 15.6. The maximum atomic E-state index is 12.3. The van der Waals surface area contributed by atoms with Crippen LogP contribution in [0.2, 0.25) is 0 Å². The maximum Gasteiger partial charge on any atom is 0.407 e. The number of amides is 2. The van der Waals surface area contributed by atoms with Gasteiger partial charge in [0.2, 0.25) is 5.91 Å². The fourth-order valence-corrected chi connectivity index (χ4v) is 4.61. The topological polar surface area (TPSA) is 130 Å². The summed E-state index contributed by atoms with van der Waals surface area (Å²) < 4.78 is 10.4. The molecule has 1 aliphatic carbocycles. The van der Waals surface area contributed by atoms with Gasteiger partial charge in [0, 0.05) is 35.8 Å². The van der Waals surface area contributed by atoms with Crippen LogP contribution in [0.3, 0.4) is 0 Å². The summed E-state index contributed by atoms with van der Waals surface area (Å²) in [5.74, 6) is 0.200. The number of hydrogen-bond donors (Lipinski definition) is 2. The van der Waals surface area contributed by atoms with E-state index in [1.807, 2.05) is 6.07 Å². The number of hydrogen-bond acceptors (Lipinski definition) is 8. The molecule has 3 heterocycles. The summed E-state index contributed by atoms with van der Waals surface area (Å²) in [5.41, 5.74) is 2.18. The molecule has 9 nitrogen and oxygen atoms in total. The molecule has 0 radical (unpaired) electrons. The van der Waals surface area contributed by atoms with Gasteiger partial charge in [-0.1, -0.05) is 11.2 Å². The number of nitrogens with zero attached hydrogens (tertiary/aromatic N) is 3. The van der Waals surface area contributed by atoms with E-state index in [0.29, 0.717) is 35.6 Å². The molecule has 0 aliphatic heterocycles. The minimum atomic E-state index is -0.541. The van der Waals surface area contributed by atoms with E-state index in [4.69, 9.17) is 9.26 Å². The average Bonchev–Trinajstić information content (AvgIpc) is 3.44. The van der Waals surface area contributed by atoms with Gasteiger partial charge in [0.1, 0.15) is 17.2 Å². The molecule has 1 aliphatic rings. The minimum Gasteiger partial charge on any atom is -0.446 e. The lowest BCUT2D eigenvalue weighted by molar-refractivity contribution is -0.111. The molecule has 2 amide bonds. The SMILES string of the molecule is N#Cc1c(NC(=O)C=Cc2cccnc2)sc2c1CCC(OC(=O)NCc1ccno1)C2. The third kappa shape index (κ3) is 5.19. The number of thiophene rings is 1. The molecule has 0 spiro atoms. The van der Waals surface area contributed by atoms with Crippen molar-refractivity contribution in [3.8, 4) is 6.07 Å². The van der Waals surface area contributed by atoms with Crippen molar-refractivity contribution in [1.29, 1.82) is 5.26 Å². The van der Waals surface area contributed by atoms with Gasteiger partial charge in [-0.2, -0.15) is 5.26 Å². The lowest BCUT2D eigenvalue weighted by Crippen LogP contribution is -2.31. The number of alkyl carbamates (subject to hydrolysis) is 1. The predicted molar refractivity (Wildman–Crippen MR) is 117 cm³/mol. The van der Waals surface area contributed by atoms with Crippen LogP contribution < -0.4 is 10.6 Å². The third-order valence-corrected chi connectivity index (χ3v) is 6.02. The van der Waals surface area contributed by atoms with E-state index in [9.17, 15) is 14.9 Å². The van der Waals surface area contributed by atoms with Crippen molar-refractivity contribution in [2.24, 2.45) is 0 Å². The van der Waals surface area contributed by atoms with Crippen LogP contribution in [0.5, 0.6) is 0 Å². The number of fused-ring (bicyclic) bond motifs is 1. The molecule has 1 atom stereocenters. The van der Waals surface area contributed by atoms with Crippen molar-refractivity contribution in [3.63, 3.8) is 0 Å². The van der Waals surface area contributed by atoms with Gasteiger partial charge in [0.25, 0.3) is 0 Å². The van der Waals surface area contributed by atoms with Crippen LogP contribution in [0, 0.1) is 11.3 Å². The molecule has 10 heteroatoms. The van der Waals surface area contributed by atoms with Gasteiger partial charge in [-0.25, -0.2) is 4.79 Å². The minimum absolute atomic E-state index is 0.192. The van der Waals surface area contributed by atoms with Gasteiger partial charge >= 0.3 is 6.09 Å². The van der Waals surface area contributed by atoms with Crippen LogP contribution in [0.4, 0.5) is 9.80 Å². The van der Waals surface area contributed by atoms with Crippen LogP contribution in [0.25, 0.3) is 6.08 Å². The number of carbonyl (C=O) groups is 2. The fraction of sp³-hybridized carbons (Fsp3) is 0.227. The molecule has 0 saturated carbocycles. The van der Waals surface area contributed by atoms with Gasteiger partial charge in [0.15, 0.2) is 5.76 Å². The fourth-order valence-electron chi connectivity index (χ4n) is 3.35. The number of nitrogens with one attached hydrogen (secondary N) is 2. The van der Waals surface area contributed by atoms with Gasteiger partial charge in [-0.3, -0.25) is 9.78 Å². The monoisotopic (exact) mass is 449 g/mol. The Morgan fingerprint density at radius 3 is 3.03 bits per heavy atom. The summed E-state index contributed by atoms with van der Waals surface area (Å²) in [6, 6.07) is 7.48. The molecule has 3 aromatic rings. The molecule has 2 N–H and O–H groups in total. The number of pyridine rings is 1. The number of aromatic nitrogens is 2. The predicted octanol–water partition coefficient (Wildman–Crippen LogP) is 3.44. The molecule has 0 bridgehead atoms. The van der Waals surface area contributed by atoms with Crippen molar-refractivity contribution in [2.45, 2.75) is 31.9 Å². The maximum absolute atomic E-state index is 12.3. The van der Waals surface area contributed by atoms with E-state index in [0.717, 1.165) is 16.0 Å². The van der Waals surface area contributed by atoms with Gasteiger partial charge in [-0.05, 0) is 36.1 Å². The van der Waals surface area contributed by atoms with Crippen molar-refractivity contribution < 1.29 is 18.8 Å². The summed E-state index contributed by atoms with van der Waals surface area (Å²) in [6.45, 7) is 0.192. The Balaban J connectivity index is 1.37. The van der Waals surface area contributed by atoms with Gasteiger partial charge < -0.3 is 19.9 Å². The number of anilines is 1. The van der Waals surface area contributed by atoms with E-state index in [1.54, 1.807) is 30.6 Å². The second-order valence-corrected chi connectivity index (χ2v) is 8.14. The van der Waals surface area contributed by atoms with E-state index in [-0.39, 0.29) is 18.6 Å². The Bertz CT molecular complexity index is 1170. The Kier molecular flexibility index (Phi) is 6.57. The molecule has 3 aromatic heterocycles. The first-order valence-corrected chi connectivity index (χ1v) is 10.7. The van der Waals surface area contributed by atoms with Gasteiger partial charge in [0.05, 0.1) is 18.3 Å². The van der Waals surface area contributed by atoms with Crippen LogP contribution in [0.15, 0.2) is 47.4 Å². The summed E-state index contributed by atoms with van der Waals surface area (Å²) in [4.78, 5) is 29.3. The second kappa shape index (κ2) is 9.89. The highest BCUT2D eigenvalue weighted by Crippen LogP contribution is 2.38. The Hall–Kier alpha value is -3.97. The van der Waals surface area contributed by atoms with Crippen LogP contribution in [0.1, 0.15) is 33.7 Å². The molecule has 1 unspecified atom stereocenters. The first kappa shape index (κ1) is 21.3. The van der Waals surface area contributed by atoms with Crippen molar-refractivity contribution in [2.75, 3.05) is 5.32 Å². The van der Waals surface area contributed by atoms with Crippen LogP contribution in [-0.4, -0.2) is 28.2 Å². The lowest BCUT2D eigenvalue weighted by atomic mass is 9.94. The summed E-state index contributed by atoms with van der Waals surface area (Å²) in [7, 11) is 0. The first-order valence-electron chi connectivity index (χ1n) is 9.90. The summed E-state index contributed by atoms with van der Waals surface area (Å²) in [6.07, 6.45) is 8.70. The normalized spacial score (nSPS) is 15.0. The molecular formula is C22H19N5O4S. The average molecular weight is 449 g/mol. The third-order valence-electron chi connectivity index (χ3n) is 4.85. The number of carbonyl (C=O) groups excluding carboxylic acids is 2. The Morgan fingerprint density at radius 1 is 1.38 bits per heavy atom. The Labute approximate surface area is 187 Å². The van der Waals surface area contributed by atoms with E-state index < -0.39 is 6.09 Å². The second-order valence-electron chi connectivity index (χ2n) is 7.03. The van der Waals surface area contributed by atoms with Crippen molar-refractivity contribution in [1.82, 2.24) is 15.5 Å². The van der Waals surface area contributed by atoms with Crippen LogP contribution in [-0.2, 0) is 28.9 Å². The van der Waals surface area contributed by atoms with Crippen molar-refractivity contribution in [3.05, 3.63) is 70.2 Å². The molecule has 4 rings (SSSR count). The zero-order valence-electron chi connectivity index (χ0n) is 16.9. The number of nitriles is 1. The molecule has 0 fully saturated rings. The molecule has 0 saturated heterocycles. The smallest absolute Gasteiger partial charge is 0.407 e. The number of ether oxygens (including phenoxy) is 1.